The summed E-state index contributed by atoms with van der Waals surface area (Å²) in [5.41, 5.74) is 2.89. The van der Waals surface area contributed by atoms with E-state index in [4.69, 9.17) is 0 Å². The van der Waals surface area contributed by atoms with E-state index in [9.17, 15) is 0 Å². The van der Waals surface area contributed by atoms with E-state index in [0.29, 0.717) is 11.3 Å². The van der Waals surface area contributed by atoms with Crippen LogP contribution in [0.1, 0.15) is 29.9 Å². The minimum absolute atomic E-state index is 0.412. The van der Waals surface area contributed by atoms with Crippen LogP contribution in [0.3, 0.4) is 0 Å². The molecule has 0 amide bonds. The first-order valence-corrected chi connectivity index (χ1v) is 8.21. The highest BCUT2D eigenvalue weighted by molar-refractivity contribution is 8.01. The fourth-order valence-corrected chi connectivity index (χ4v) is 4.82. The lowest BCUT2D eigenvalue weighted by molar-refractivity contribution is 0.603. The van der Waals surface area contributed by atoms with Gasteiger partial charge < -0.3 is 5.32 Å². The van der Waals surface area contributed by atoms with Crippen LogP contribution in [-0.4, -0.2) is 21.7 Å². The summed E-state index contributed by atoms with van der Waals surface area (Å²) in [7, 11) is 2.04. The van der Waals surface area contributed by atoms with Gasteiger partial charge in [-0.3, -0.25) is 0 Å². The summed E-state index contributed by atoms with van der Waals surface area (Å²) in [5.74, 6) is 0.962. The van der Waals surface area contributed by atoms with Crippen LogP contribution in [0.2, 0.25) is 0 Å². The maximum atomic E-state index is 4.57. The van der Waals surface area contributed by atoms with Gasteiger partial charge in [0.2, 0.25) is 0 Å². The van der Waals surface area contributed by atoms with Gasteiger partial charge in [-0.05, 0) is 36.1 Å². The minimum Gasteiger partial charge on any atom is -0.312 e. The van der Waals surface area contributed by atoms with E-state index in [1.807, 2.05) is 18.8 Å². The van der Waals surface area contributed by atoms with Gasteiger partial charge in [-0.2, -0.15) is 4.37 Å². The Morgan fingerprint density at radius 2 is 2.26 bits per heavy atom. The first-order chi connectivity index (χ1) is 9.31. The van der Waals surface area contributed by atoms with Gasteiger partial charge >= 0.3 is 0 Å². The van der Waals surface area contributed by atoms with Gasteiger partial charge in [0, 0.05) is 17.7 Å². The quantitative estimate of drug-likeness (QED) is 0.939. The van der Waals surface area contributed by atoms with Crippen molar-refractivity contribution in [2.45, 2.75) is 35.4 Å². The molecule has 1 aromatic carbocycles. The predicted molar refractivity (Wildman–Crippen MR) is 80.9 cm³/mol. The number of aryl methyl sites for hydroxylation is 1. The van der Waals surface area contributed by atoms with Gasteiger partial charge in [-0.1, -0.05) is 43.0 Å². The standard InChI is InChI=1S/C14H17N3S2/c1-3-12-16-14(19-17-12)18-11-8-9-6-4-5-7-10(9)13(11)15-2/h4-7,11,13,15H,3,8H2,1-2H3. The largest absolute Gasteiger partial charge is 0.312 e. The highest BCUT2D eigenvalue weighted by atomic mass is 32.2. The molecule has 1 N–H and O–H groups in total. The smallest absolute Gasteiger partial charge is 0.170 e. The monoisotopic (exact) mass is 291 g/mol. The maximum absolute atomic E-state index is 4.57. The molecule has 3 rings (SSSR count). The Labute approximate surface area is 122 Å². The van der Waals surface area contributed by atoms with Gasteiger partial charge in [-0.25, -0.2) is 4.98 Å². The van der Waals surface area contributed by atoms with Crippen molar-refractivity contribution in [1.29, 1.82) is 0 Å². The van der Waals surface area contributed by atoms with Crippen LogP contribution in [0.4, 0.5) is 0 Å². The predicted octanol–water partition coefficient (Wildman–Crippen LogP) is 3.08. The highest BCUT2D eigenvalue weighted by Crippen LogP contribution is 2.41. The third-order valence-corrected chi connectivity index (χ3v) is 5.61. The zero-order valence-electron chi connectivity index (χ0n) is 11.1. The molecule has 3 nitrogen and oxygen atoms in total. The number of fused-ring (bicyclic) bond motifs is 1. The molecule has 2 atom stereocenters. The topological polar surface area (TPSA) is 37.8 Å². The lowest BCUT2D eigenvalue weighted by Crippen LogP contribution is -2.23. The molecule has 19 heavy (non-hydrogen) atoms. The van der Waals surface area contributed by atoms with Crippen LogP contribution >= 0.6 is 23.3 Å². The third-order valence-electron chi connectivity index (χ3n) is 3.51. The molecule has 1 aliphatic carbocycles. The Balaban J connectivity index is 1.79. The summed E-state index contributed by atoms with van der Waals surface area (Å²) in [6.07, 6.45) is 2.02. The van der Waals surface area contributed by atoms with Crippen LogP contribution < -0.4 is 5.32 Å². The number of benzene rings is 1. The van der Waals surface area contributed by atoms with Gasteiger partial charge in [0.25, 0.3) is 0 Å². The molecule has 0 radical (unpaired) electrons. The van der Waals surface area contributed by atoms with Crippen LogP contribution in [-0.2, 0) is 12.8 Å². The second kappa shape index (κ2) is 5.61. The van der Waals surface area contributed by atoms with Crippen molar-refractivity contribution in [1.82, 2.24) is 14.7 Å². The number of rotatable bonds is 4. The van der Waals surface area contributed by atoms with Gasteiger partial charge in [0.1, 0.15) is 5.82 Å². The lowest BCUT2D eigenvalue weighted by Gasteiger charge is -2.17. The van der Waals surface area contributed by atoms with Gasteiger partial charge in [0.15, 0.2) is 4.34 Å². The molecule has 5 heteroatoms. The van der Waals surface area contributed by atoms with Crippen LogP contribution in [0, 0.1) is 0 Å². The fourth-order valence-electron chi connectivity index (χ4n) is 2.57. The summed E-state index contributed by atoms with van der Waals surface area (Å²) in [6.45, 7) is 2.10. The zero-order chi connectivity index (χ0) is 13.2. The van der Waals surface area contributed by atoms with Crippen molar-refractivity contribution in [3.05, 3.63) is 41.2 Å². The van der Waals surface area contributed by atoms with E-state index in [2.05, 4.69) is 45.9 Å². The number of thioether (sulfide) groups is 1. The number of nitrogens with zero attached hydrogens (tertiary/aromatic N) is 2. The molecule has 2 aromatic rings. The van der Waals surface area contributed by atoms with Crippen molar-refractivity contribution in [2.75, 3.05) is 7.05 Å². The van der Waals surface area contributed by atoms with Crippen LogP contribution in [0.15, 0.2) is 28.6 Å². The van der Waals surface area contributed by atoms with E-state index < -0.39 is 0 Å². The second-order valence-electron chi connectivity index (χ2n) is 4.66. The Hall–Kier alpha value is -0.910. The normalized spacial score (nSPS) is 21.6. The molecule has 0 bridgehead atoms. The molecule has 0 saturated heterocycles. The molecule has 0 spiro atoms. The summed E-state index contributed by atoms with van der Waals surface area (Å²) < 4.78 is 5.46. The molecule has 0 saturated carbocycles. The number of hydrogen-bond donors (Lipinski definition) is 1. The summed E-state index contributed by atoms with van der Waals surface area (Å²) in [4.78, 5) is 4.57. The number of hydrogen-bond acceptors (Lipinski definition) is 5. The molecule has 1 aliphatic rings. The fraction of sp³-hybridized carbons (Fsp3) is 0.429. The van der Waals surface area contributed by atoms with E-state index in [0.717, 1.165) is 23.0 Å². The van der Waals surface area contributed by atoms with Crippen LogP contribution in [0.25, 0.3) is 0 Å². The lowest BCUT2D eigenvalue weighted by atomic mass is 10.1. The van der Waals surface area contributed by atoms with Crippen molar-refractivity contribution in [2.24, 2.45) is 0 Å². The summed E-state index contributed by atoms with van der Waals surface area (Å²) >= 11 is 3.39. The Morgan fingerprint density at radius 3 is 3.00 bits per heavy atom. The summed E-state index contributed by atoms with van der Waals surface area (Å²) in [5, 5.41) is 3.96. The van der Waals surface area contributed by atoms with Crippen molar-refractivity contribution in [3.8, 4) is 0 Å². The molecule has 2 unspecified atom stereocenters. The van der Waals surface area contributed by atoms with Crippen molar-refractivity contribution >= 4 is 23.3 Å². The van der Waals surface area contributed by atoms with E-state index in [1.165, 1.54) is 22.7 Å². The van der Waals surface area contributed by atoms with Gasteiger partial charge in [-0.15, -0.1) is 0 Å². The molecular weight excluding hydrogens is 274 g/mol. The minimum atomic E-state index is 0.412. The second-order valence-corrected chi connectivity index (χ2v) is 6.89. The number of nitrogens with one attached hydrogen (secondary N) is 1. The van der Waals surface area contributed by atoms with Crippen molar-refractivity contribution < 1.29 is 0 Å². The SMILES string of the molecule is CCc1nsc(SC2Cc3ccccc3C2NC)n1. The Bertz CT molecular complexity index is 567. The average Bonchev–Trinajstić information content (AvgIpc) is 3.02. The molecule has 1 aromatic heterocycles. The highest BCUT2D eigenvalue weighted by Gasteiger charge is 2.32. The van der Waals surface area contributed by atoms with Crippen LogP contribution in [0.5, 0.6) is 0 Å². The average molecular weight is 291 g/mol. The Morgan fingerprint density at radius 1 is 1.42 bits per heavy atom. The van der Waals surface area contributed by atoms with E-state index >= 15 is 0 Å². The third kappa shape index (κ3) is 2.55. The van der Waals surface area contributed by atoms with E-state index in [-0.39, 0.29) is 0 Å². The molecule has 0 aliphatic heterocycles. The first-order valence-electron chi connectivity index (χ1n) is 6.56. The molecular formula is C14H17N3S2. The number of aromatic nitrogens is 2. The van der Waals surface area contributed by atoms with Crippen molar-refractivity contribution in [3.63, 3.8) is 0 Å². The summed E-state index contributed by atoms with van der Waals surface area (Å²) in [6, 6.07) is 9.12. The molecule has 100 valence electrons. The molecule has 1 heterocycles. The Kier molecular flexibility index (Phi) is 3.86. The molecule has 0 fully saturated rings. The maximum Gasteiger partial charge on any atom is 0.170 e. The van der Waals surface area contributed by atoms with E-state index in [1.54, 1.807) is 0 Å². The van der Waals surface area contributed by atoms with Gasteiger partial charge in [0.05, 0.1) is 0 Å². The first kappa shape index (κ1) is 13.1. The zero-order valence-corrected chi connectivity index (χ0v) is 12.7.